The molecule has 3 aromatic carbocycles. The van der Waals surface area contributed by atoms with Crippen molar-refractivity contribution in [2.24, 2.45) is 0 Å². The van der Waals surface area contributed by atoms with Crippen LogP contribution in [0.25, 0.3) is 0 Å². The normalized spacial score (nSPS) is 12.1. The number of nitrogens with one attached hydrogen (secondary N) is 2. The average molecular weight is 499 g/mol. The van der Waals surface area contributed by atoms with Crippen LogP contribution in [0.4, 0.5) is 15.8 Å². The van der Waals surface area contributed by atoms with Gasteiger partial charge in [0.1, 0.15) is 12.4 Å². The maximum absolute atomic E-state index is 14.4. The van der Waals surface area contributed by atoms with E-state index in [0.29, 0.717) is 4.31 Å². The Morgan fingerprint density at radius 2 is 1.51 bits per heavy atom. The molecule has 0 radical (unpaired) electrons. The summed E-state index contributed by atoms with van der Waals surface area (Å²) in [5, 5.41) is 5.47. The highest BCUT2D eigenvalue weighted by Gasteiger charge is 2.29. The molecular formula is C25H27FN4O4S. The Labute approximate surface area is 204 Å². The van der Waals surface area contributed by atoms with Crippen molar-refractivity contribution >= 4 is 33.4 Å². The van der Waals surface area contributed by atoms with E-state index in [1.54, 1.807) is 18.2 Å². The number of hydrogen-bond donors (Lipinski definition) is 2. The number of carbonyl (C=O) groups is 2. The van der Waals surface area contributed by atoms with Crippen molar-refractivity contribution in [2.45, 2.75) is 13.0 Å². The van der Waals surface area contributed by atoms with E-state index >= 15 is 0 Å². The second-order valence-electron chi connectivity index (χ2n) is 7.95. The topological polar surface area (TPSA) is 98.8 Å². The van der Waals surface area contributed by atoms with Crippen LogP contribution in [0.15, 0.2) is 78.9 Å². The first-order valence-corrected chi connectivity index (χ1v) is 12.2. The van der Waals surface area contributed by atoms with Gasteiger partial charge in [-0.3, -0.25) is 9.59 Å². The summed E-state index contributed by atoms with van der Waals surface area (Å²) in [5.41, 5.74) is 1.05. The standard InChI is InChI=1S/C25H27FN4O4S/c1-18(19-11-5-4-6-12-19)27-25(32)20-13-7-9-15-22(20)28-24(31)17-30(35(33,34)29(2)3)23-16-10-8-14-21(23)26/h4-16,18H,17H2,1-3H3,(H,27,32)(H,28,31)/t18-/m0/s1. The first-order chi connectivity index (χ1) is 16.6. The Balaban J connectivity index is 1.82. The van der Waals surface area contributed by atoms with Crippen molar-refractivity contribution in [3.8, 4) is 0 Å². The van der Waals surface area contributed by atoms with E-state index in [-0.39, 0.29) is 23.0 Å². The monoisotopic (exact) mass is 498 g/mol. The molecule has 3 rings (SSSR count). The van der Waals surface area contributed by atoms with E-state index in [1.165, 1.54) is 38.4 Å². The lowest BCUT2D eigenvalue weighted by molar-refractivity contribution is -0.114. The van der Waals surface area contributed by atoms with E-state index in [1.807, 2.05) is 37.3 Å². The number of rotatable bonds is 9. The van der Waals surface area contributed by atoms with E-state index in [9.17, 15) is 22.4 Å². The molecule has 0 bridgehead atoms. The van der Waals surface area contributed by atoms with Crippen LogP contribution in [0.5, 0.6) is 0 Å². The number of halogens is 1. The quantitative estimate of drug-likeness (QED) is 0.471. The molecular weight excluding hydrogens is 471 g/mol. The van der Waals surface area contributed by atoms with Gasteiger partial charge in [-0.1, -0.05) is 54.6 Å². The Morgan fingerprint density at radius 3 is 2.17 bits per heavy atom. The van der Waals surface area contributed by atoms with Gasteiger partial charge in [-0.05, 0) is 36.8 Å². The fourth-order valence-corrected chi connectivity index (χ4v) is 4.42. The van der Waals surface area contributed by atoms with Crippen LogP contribution in [-0.4, -0.2) is 45.2 Å². The number of anilines is 2. The highest BCUT2D eigenvalue weighted by Crippen LogP contribution is 2.24. The van der Waals surface area contributed by atoms with E-state index < -0.39 is 34.4 Å². The van der Waals surface area contributed by atoms with Gasteiger partial charge in [0.05, 0.1) is 23.0 Å². The predicted octanol–water partition coefficient (Wildman–Crippen LogP) is 3.57. The van der Waals surface area contributed by atoms with Crippen LogP contribution in [0.2, 0.25) is 0 Å². The average Bonchev–Trinajstić information content (AvgIpc) is 2.83. The van der Waals surface area contributed by atoms with Gasteiger partial charge in [0, 0.05) is 14.1 Å². The number of benzene rings is 3. The molecule has 3 aromatic rings. The maximum Gasteiger partial charge on any atom is 0.304 e. The zero-order chi connectivity index (χ0) is 25.6. The van der Waals surface area contributed by atoms with Crippen LogP contribution in [0.1, 0.15) is 28.9 Å². The molecule has 0 unspecified atom stereocenters. The molecule has 0 aliphatic carbocycles. The highest BCUT2D eigenvalue weighted by atomic mass is 32.2. The third-order valence-electron chi connectivity index (χ3n) is 5.24. The van der Waals surface area contributed by atoms with Crippen molar-refractivity contribution in [3.63, 3.8) is 0 Å². The molecule has 0 aromatic heterocycles. The molecule has 2 N–H and O–H groups in total. The number of para-hydroxylation sites is 2. The van der Waals surface area contributed by atoms with Crippen LogP contribution >= 0.6 is 0 Å². The summed E-state index contributed by atoms with van der Waals surface area (Å²) in [6, 6.07) is 20.8. The minimum atomic E-state index is -4.19. The molecule has 35 heavy (non-hydrogen) atoms. The number of hydrogen-bond acceptors (Lipinski definition) is 4. The predicted molar refractivity (Wildman–Crippen MR) is 134 cm³/mol. The number of carbonyl (C=O) groups excluding carboxylic acids is 2. The van der Waals surface area contributed by atoms with Gasteiger partial charge >= 0.3 is 10.2 Å². The summed E-state index contributed by atoms with van der Waals surface area (Å²) in [7, 11) is -1.62. The largest absolute Gasteiger partial charge is 0.345 e. The van der Waals surface area contributed by atoms with Gasteiger partial charge in [0.15, 0.2) is 0 Å². The molecule has 0 saturated carbocycles. The third kappa shape index (κ3) is 6.23. The number of amides is 2. The van der Waals surface area contributed by atoms with Crippen molar-refractivity contribution in [3.05, 3.63) is 95.8 Å². The van der Waals surface area contributed by atoms with Gasteiger partial charge in [0.2, 0.25) is 5.91 Å². The van der Waals surface area contributed by atoms with Crippen molar-refractivity contribution in [1.29, 1.82) is 0 Å². The molecule has 8 nitrogen and oxygen atoms in total. The van der Waals surface area contributed by atoms with Crippen LogP contribution in [-0.2, 0) is 15.0 Å². The van der Waals surface area contributed by atoms with Crippen molar-refractivity contribution in [2.75, 3.05) is 30.3 Å². The molecule has 1 atom stereocenters. The maximum atomic E-state index is 14.4. The van der Waals surface area contributed by atoms with Crippen LogP contribution < -0.4 is 14.9 Å². The minimum Gasteiger partial charge on any atom is -0.345 e. The van der Waals surface area contributed by atoms with Crippen LogP contribution in [0, 0.1) is 5.82 Å². The van der Waals surface area contributed by atoms with Gasteiger partial charge in [0.25, 0.3) is 5.91 Å². The Morgan fingerprint density at radius 1 is 0.914 bits per heavy atom. The first kappa shape index (κ1) is 25.9. The SMILES string of the molecule is C[C@H](NC(=O)c1ccccc1NC(=O)CN(c1ccccc1F)S(=O)(=O)N(C)C)c1ccccc1. The summed E-state index contributed by atoms with van der Waals surface area (Å²) >= 11 is 0. The molecule has 0 fully saturated rings. The van der Waals surface area contributed by atoms with Gasteiger partial charge in [-0.2, -0.15) is 12.7 Å². The zero-order valence-electron chi connectivity index (χ0n) is 19.6. The second kappa shape index (κ2) is 11.1. The molecule has 0 aliphatic rings. The zero-order valence-corrected chi connectivity index (χ0v) is 20.4. The van der Waals surface area contributed by atoms with Gasteiger partial charge in [-0.15, -0.1) is 0 Å². The molecule has 2 amide bonds. The Kier molecular flexibility index (Phi) is 8.21. The lowest BCUT2D eigenvalue weighted by atomic mass is 10.1. The fourth-order valence-electron chi connectivity index (χ4n) is 3.35. The summed E-state index contributed by atoms with van der Waals surface area (Å²) in [4.78, 5) is 25.8. The Bertz CT molecular complexity index is 1300. The number of nitrogens with zero attached hydrogens (tertiary/aromatic N) is 2. The van der Waals surface area contributed by atoms with Gasteiger partial charge < -0.3 is 10.6 Å². The van der Waals surface area contributed by atoms with Crippen LogP contribution in [0.3, 0.4) is 0 Å². The smallest absolute Gasteiger partial charge is 0.304 e. The lowest BCUT2D eigenvalue weighted by Gasteiger charge is -2.27. The van der Waals surface area contributed by atoms with E-state index in [0.717, 1.165) is 15.9 Å². The molecule has 0 heterocycles. The molecule has 10 heteroatoms. The first-order valence-electron chi connectivity index (χ1n) is 10.8. The minimum absolute atomic E-state index is 0.200. The molecule has 0 saturated heterocycles. The third-order valence-corrected chi connectivity index (χ3v) is 7.05. The van der Waals surface area contributed by atoms with E-state index in [2.05, 4.69) is 10.6 Å². The molecule has 0 aliphatic heterocycles. The van der Waals surface area contributed by atoms with Crippen molar-refractivity contribution in [1.82, 2.24) is 9.62 Å². The summed E-state index contributed by atoms with van der Waals surface area (Å²) in [5.74, 6) is -1.94. The van der Waals surface area contributed by atoms with Crippen molar-refractivity contribution < 1.29 is 22.4 Å². The second-order valence-corrected chi connectivity index (χ2v) is 10.0. The Hall–Kier alpha value is -3.76. The fraction of sp³-hybridized carbons (Fsp3) is 0.200. The summed E-state index contributed by atoms with van der Waals surface area (Å²) in [6.45, 7) is 1.14. The summed E-state index contributed by atoms with van der Waals surface area (Å²) < 4.78 is 41.7. The van der Waals surface area contributed by atoms with Gasteiger partial charge in [-0.25, -0.2) is 8.70 Å². The lowest BCUT2D eigenvalue weighted by Crippen LogP contribution is -2.44. The highest BCUT2D eigenvalue weighted by molar-refractivity contribution is 7.90. The molecule has 184 valence electrons. The molecule has 0 spiro atoms. The summed E-state index contributed by atoms with van der Waals surface area (Å²) in [6.07, 6.45) is 0. The van der Waals surface area contributed by atoms with E-state index in [4.69, 9.17) is 0 Å².